The Morgan fingerprint density at radius 1 is 0.946 bits per heavy atom. The van der Waals surface area contributed by atoms with Crippen molar-refractivity contribution in [1.29, 1.82) is 0 Å². The van der Waals surface area contributed by atoms with E-state index in [1.807, 2.05) is 68.7 Å². The molecule has 0 radical (unpaired) electrons. The fourth-order valence-electron chi connectivity index (χ4n) is 5.67. The van der Waals surface area contributed by atoms with Gasteiger partial charge >= 0.3 is 0 Å². The first-order valence-electron chi connectivity index (χ1n) is 12.5. The fourth-order valence-corrected chi connectivity index (χ4v) is 5.67. The van der Waals surface area contributed by atoms with E-state index in [4.69, 9.17) is 9.47 Å². The predicted octanol–water partition coefficient (Wildman–Crippen LogP) is 4.74. The van der Waals surface area contributed by atoms with Crippen LogP contribution in [0.25, 0.3) is 10.9 Å². The van der Waals surface area contributed by atoms with Gasteiger partial charge in [0.25, 0.3) is 5.91 Å². The molecule has 3 aromatic carbocycles. The summed E-state index contributed by atoms with van der Waals surface area (Å²) in [5.41, 5.74) is 4.24. The second-order valence-electron chi connectivity index (χ2n) is 9.77. The van der Waals surface area contributed by atoms with Crippen molar-refractivity contribution in [3.8, 4) is 11.5 Å². The molecule has 2 amide bonds. The quantitative estimate of drug-likeness (QED) is 0.444. The van der Waals surface area contributed by atoms with E-state index < -0.39 is 12.0 Å². The molecule has 37 heavy (non-hydrogen) atoms. The Bertz CT molecular complexity index is 1520. The van der Waals surface area contributed by atoms with E-state index in [0.29, 0.717) is 30.3 Å². The standard InChI is InChI=1S/C30H29N3O4/c1-18(19-12-13-25-26(16-19)37-15-14-36-25)31-29(34)27-21-9-4-5-10-22(21)30(35)33(3)28(27)23-17-32(2)24-11-7-6-8-20(23)24/h4-13,16-18,27-28H,14-15H2,1-3H3,(H,31,34). The van der Waals surface area contributed by atoms with Crippen LogP contribution in [0.15, 0.2) is 72.9 Å². The average molecular weight is 496 g/mol. The smallest absolute Gasteiger partial charge is 0.254 e. The normalized spacial score (nSPS) is 19.4. The third kappa shape index (κ3) is 3.82. The zero-order chi connectivity index (χ0) is 25.7. The summed E-state index contributed by atoms with van der Waals surface area (Å²) < 4.78 is 13.4. The molecule has 0 aliphatic carbocycles. The maximum absolute atomic E-state index is 14.1. The minimum atomic E-state index is -0.579. The molecule has 2 aliphatic rings. The molecule has 3 heterocycles. The molecule has 0 saturated carbocycles. The van der Waals surface area contributed by atoms with Crippen molar-refractivity contribution >= 4 is 22.7 Å². The maximum Gasteiger partial charge on any atom is 0.254 e. The average Bonchev–Trinajstić information content (AvgIpc) is 3.26. The Balaban J connectivity index is 1.41. The predicted molar refractivity (Wildman–Crippen MR) is 141 cm³/mol. The molecule has 2 aliphatic heterocycles. The first kappa shape index (κ1) is 23.2. The highest BCUT2D eigenvalue weighted by Crippen LogP contribution is 2.45. The Morgan fingerprint density at radius 3 is 2.51 bits per heavy atom. The van der Waals surface area contributed by atoms with E-state index in [-0.39, 0.29) is 17.9 Å². The minimum absolute atomic E-state index is 0.0857. The zero-order valence-corrected chi connectivity index (χ0v) is 21.1. The molecule has 0 spiro atoms. The maximum atomic E-state index is 14.1. The number of ether oxygens (including phenoxy) is 2. The van der Waals surface area contributed by atoms with Crippen molar-refractivity contribution in [3.63, 3.8) is 0 Å². The molecule has 0 fully saturated rings. The van der Waals surface area contributed by atoms with Gasteiger partial charge in [-0.05, 0) is 42.3 Å². The van der Waals surface area contributed by atoms with E-state index in [9.17, 15) is 9.59 Å². The number of nitrogens with one attached hydrogen (secondary N) is 1. The number of fused-ring (bicyclic) bond motifs is 3. The van der Waals surface area contributed by atoms with E-state index in [2.05, 4.69) is 22.0 Å². The second kappa shape index (κ2) is 9.00. The summed E-state index contributed by atoms with van der Waals surface area (Å²) in [5.74, 6) is 0.603. The van der Waals surface area contributed by atoms with E-state index in [1.165, 1.54) is 0 Å². The van der Waals surface area contributed by atoms with Crippen LogP contribution in [-0.2, 0) is 11.8 Å². The van der Waals surface area contributed by atoms with Crippen LogP contribution in [0.1, 0.15) is 52.0 Å². The van der Waals surface area contributed by atoms with Gasteiger partial charge in [0.1, 0.15) is 13.2 Å². The topological polar surface area (TPSA) is 72.8 Å². The molecule has 1 N–H and O–H groups in total. The van der Waals surface area contributed by atoms with Gasteiger partial charge in [-0.2, -0.15) is 0 Å². The third-order valence-corrected chi connectivity index (χ3v) is 7.53. The van der Waals surface area contributed by atoms with E-state index in [1.54, 1.807) is 18.0 Å². The van der Waals surface area contributed by atoms with Crippen molar-refractivity contribution in [2.75, 3.05) is 20.3 Å². The summed E-state index contributed by atoms with van der Waals surface area (Å²) in [4.78, 5) is 29.3. The van der Waals surface area contributed by atoms with E-state index >= 15 is 0 Å². The van der Waals surface area contributed by atoms with Gasteiger partial charge in [0.05, 0.1) is 18.0 Å². The van der Waals surface area contributed by atoms with Gasteiger partial charge in [0.15, 0.2) is 11.5 Å². The highest BCUT2D eigenvalue weighted by Gasteiger charge is 2.43. The lowest BCUT2D eigenvalue weighted by Gasteiger charge is -2.40. The van der Waals surface area contributed by atoms with Gasteiger partial charge in [-0.15, -0.1) is 0 Å². The van der Waals surface area contributed by atoms with Crippen molar-refractivity contribution in [2.24, 2.45) is 7.05 Å². The van der Waals surface area contributed by atoms with Crippen LogP contribution >= 0.6 is 0 Å². The number of amides is 2. The molecule has 188 valence electrons. The van der Waals surface area contributed by atoms with Crippen molar-refractivity contribution in [3.05, 3.63) is 95.2 Å². The molecule has 7 nitrogen and oxygen atoms in total. The number of hydrogen-bond donors (Lipinski definition) is 1. The highest BCUT2D eigenvalue weighted by molar-refractivity contribution is 6.02. The molecular weight excluding hydrogens is 466 g/mol. The molecule has 1 aromatic heterocycles. The number of aryl methyl sites for hydroxylation is 1. The van der Waals surface area contributed by atoms with Crippen LogP contribution < -0.4 is 14.8 Å². The fraction of sp³-hybridized carbons (Fsp3) is 0.267. The summed E-state index contributed by atoms with van der Waals surface area (Å²) in [6.07, 6.45) is 2.04. The molecule has 0 bridgehead atoms. The third-order valence-electron chi connectivity index (χ3n) is 7.53. The first-order valence-corrected chi connectivity index (χ1v) is 12.5. The van der Waals surface area contributed by atoms with Crippen LogP contribution in [0.5, 0.6) is 11.5 Å². The number of rotatable bonds is 4. The van der Waals surface area contributed by atoms with Crippen LogP contribution in [0, 0.1) is 0 Å². The first-order chi connectivity index (χ1) is 17.9. The lowest BCUT2D eigenvalue weighted by molar-refractivity contribution is -0.124. The zero-order valence-electron chi connectivity index (χ0n) is 21.1. The van der Waals surface area contributed by atoms with Gasteiger partial charge in [0, 0.05) is 42.3 Å². The Kier molecular flexibility index (Phi) is 5.63. The largest absolute Gasteiger partial charge is 0.486 e. The van der Waals surface area contributed by atoms with Gasteiger partial charge in [-0.1, -0.05) is 42.5 Å². The Labute approximate surface area is 215 Å². The summed E-state index contributed by atoms with van der Waals surface area (Å²) >= 11 is 0. The van der Waals surface area contributed by atoms with E-state index in [0.717, 1.165) is 27.6 Å². The highest BCUT2D eigenvalue weighted by atomic mass is 16.6. The van der Waals surface area contributed by atoms with Crippen LogP contribution in [0.2, 0.25) is 0 Å². The van der Waals surface area contributed by atoms with Crippen molar-refractivity contribution < 1.29 is 19.1 Å². The lowest BCUT2D eigenvalue weighted by Crippen LogP contribution is -2.46. The molecule has 7 heteroatoms. The molecule has 3 unspecified atom stereocenters. The number of carbonyl (C=O) groups is 2. The molecule has 4 aromatic rings. The van der Waals surface area contributed by atoms with Crippen LogP contribution in [-0.4, -0.2) is 41.5 Å². The number of aromatic nitrogens is 1. The summed E-state index contributed by atoms with van der Waals surface area (Å²) in [5, 5.41) is 4.26. The number of benzene rings is 3. The SMILES string of the molecule is CC(NC(=O)C1c2ccccc2C(=O)N(C)C1c1cn(C)c2ccccc12)c1ccc2c(c1)OCCO2. The van der Waals surface area contributed by atoms with Gasteiger partial charge in [-0.3, -0.25) is 9.59 Å². The van der Waals surface area contributed by atoms with Gasteiger partial charge < -0.3 is 24.3 Å². The Hall–Kier alpha value is -4.26. The van der Waals surface area contributed by atoms with Crippen LogP contribution in [0.3, 0.4) is 0 Å². The molecular formula is C30H29N3O4. The van der Waals surface area contributed by atoms with Gasteiger partial charge in [0.2, 0.25) is 5.91 Å². The van der Waals surface area contributed by atoms with Crippen LogP contribution in [0.4, 0.5) is 0 Å². The molecule has 3 atom stereocenters. The summed E-state index contributed by atoms with van der Waals surface area (Å²) in [6.45, 7) is 2.99. The summed E-state index contributed by atoms with van der Waals surface area (Å²) in [7, 11) is 3.78. The monoisotopic (exact) mass is 495 g/mol. The van der Waals surface area contributed by atoms with Crippen molar-refractivity contribution in [2.45, 2.75) is 24.9 Å². The summed E-state index contributed by atoms with van der Waals surface area (Å²) in [6, 6.07) is 20.6. The Morgan fingerprint density at radius 2 is 1.68 bits per heavy atom. The van der Waals surface area contributed by atoms with Gasteiger partial charge in [-0.25, -0.2) is 0 Å². The number of likely N-dealkylation sites (N-methyl/N-ethyl adjacent to an activating group) is 1. The molecule has 6 rings (SSSR count). The molecule has 0 saturated heterocycles. The lowest BCUT2D eigenvalue weighted by atomic mass is 9.79. The minimum Gasteiger partial charge on any atom is -0.486 e. The number of para-hydroxylation sites is 1. The second-order valence-corrected chi connectivity index (χ2v) is 9.77. The number of carbonyl (C=O) groups excluding carboxylic acids is 2. The number of hydrogen-bond acceptors (Lipinski definition) is 4. The number of nitrogens with zero attached hydrogens (tertiary/aromatic N) is 2. The van der Waals surface area contributed by atoms with Crippen molar-refractivity contribution in [1.82, 2.24) is 14.8 Å².